The monoisotopic (exact) mass is 261 g/mol. The molecule has 0 saturated carbocycles. The molecule has 0 spiro atoms. The highest BCUT2D eigenvalue weighted by Crippen LogP contribution is 2.23. The molecule has 1 unspecified atom stereocenters. The fourth-order valence-corrected chi connectivity index (χ4v) is 2.29. The number of benzene rings is 1. The Hall–Kier alpha value is -1.88. The first-order valence-corrected chi connectivity index (χ1v) is 6.41. The van der Waals surface area contributed by atoms with Crippen molar-refractivity contribution in [1.29, 1.82) is 0 Å². The van der Waals surface area contributed by atoms with Crippen LogP contribution >= 0.6 is 0 Å². The zero-order valence-corrected chi connectivity index (χ0v) is 11.2. The number of hydrogen-bond donors (Lipinski definition) is 2. The van der Waals surface area contributed by atoms with Crippen LogP contribution in [0.15, 0.2) is 24.3 Å². The first-order valence-electron chi connectivity index (χ1n) is 6.41. The molecule has 5 nitrogen and oxygen atoms in total. The summed E-state index contributed by atoms with van der Waals surface area (Å²) in [7, 11) is 0. The number of imidazole rings is 1. The Kier molecular flexibility index (Phi) is 3.85. The maximum absolute atomic E-state index is 11.0. The molecular formula is C14H19N3O2. The van der Waals surface area contributed by atoms with Gasteiger partial charge in [-0.2, -0.15) is 0 Å². The van der Waals surface area contributed by atoms with Crippen LogP contribution in [0.25, 0.3) is 11.0 Å². The number of aliphatic carboxylic acids is 1. The minimum atomic E-state index is -0.888. The van der Waals surface area contributed by atoms with Crippen molar-refractivity contribution in [1.82, 2.24) is 9.55 Å². The maximum Gasteiger partial charge on any atom is 0.323 e. The molecule has 3 N–H and O–H groups in total. The number of aromatic nitrogens is 2. The summed E-state index contributed by atoms with van der Waals surface area (Å²) in [6.07, 6.45) is 0.781. The summed E-state index contributed by atoms with van der Waals surface area (Å²) in [6, 6.07) is 7.26. The number of nitrogens with two attached hydrogens (primary N) is 1. The third kappa shape index (κ3) is 2.93. The number of carboxylic acids is 1. The predicted octanol–water partition coefficient (Wildman–Crippen LogP) is 2.17. The van der Waals surface area contributed by atoms with Crippen LogP contribution in [0.2, 0.25) is 0 Å². The quantitative estimate of drug-likeness (QED) is 0.864. The normalized spacial score (nSPS) is 13.1. The lowest BCUT2D eigenvalue weighted by atomic mass is 10.0. The highest BCUT2D eigenvalue weighted by molar-refractivity contribution is 5.78. The lowest BCUT2D eigenvalue weighted by molar-refractivity contribution is -0.137. The Morgan fingerprint density at radius 2 is 2.11 bits per heavy atom. The summed E-state index contributed by atoms with van der Waals surface area (Å²) in [5.41, 5.74) is 7.77. The fraction of sp³-hybridized carbons (Fsp3) is 0.429. The Labute approximate surface area is 112 Å². The van der Waals surface area contributed by atoms with E-state index in [0.717, 1.165) is 17.5 Å². The second kappa shape index (κ2) is 5.40. The molecule has 0 saturated heterocycles. The highest BCUT2D eigenvalue weighted by atomic mass is 16.4. The van der Waals surface area contributed by atoms with Crippen molar-refractivity contribution in [2.75, 3.05) is 0 Å². The van der Waals surface area contributed by atoms with Crippen molar-refractivity contribution in [3.05, 3.63) is 30.1 Å². The van der Waals surface area contributed by atoms with Crippen LogP contribution in [-0.4, -0.2) is 20.6 Å². The van der Waals surface area contributed by atoms with Crippen molar-refractivity contribution >= 4 is 17.0 Å². The topological polar surface area (TPSA) is 81.1 Å². The molecule has 0 amide bonds. The molecule has 19 heavy (non-hydrogen) atoms. The van der Waals surface area contributed by atoms with Gasteiger partial charge in [-0.25, -0.2) is 4.98 Å². The van der Waals surface area contributed by atoms with Crippen LogP contribution in [0, 0.1) is 5.92 Å². The van der Waals surface area contributed by atoms with E-state index in [2.05, 4.69) is 18.8 Å². The average molecular weight is 261 g/mol. The summed E-state index contributed by atoms with van der Waals surface area (Å²) in [5.74, 6) is 0.201. The van der Waals surface area contributed by atoms with Gasteiger partial charge in [0.1, 0.15) is 12.4 Å². The van der Waals surface area contributed by atoms with Crippen LogP contribution in [0.4, 0.5) is 0 Å². The summed E-state index contributed by atoms with van der Waals surface area (Å²) >= 11 is 0. The summed E-state index contributed by atoms with van der Waals surface area (Å²) < 4.78 is 1.70. The molecule has 102 valence electrons. The van der Waals surface area contributed by atoms with Gasteiger partial charge in [0.05, 0.1) is 17.1 Å². The van der Waals surface area contributed by atoms with Gasteiger partial charge < -0.3 is 15.4 Å². The van der Waals surface area contributed by atoms with Crippen LogP contribution in [0.1, 0.15) is 32.1 Å². The van der Waals surface area contributed by atoms with E-state index in [9.17, 15) is 4.79 Å². The van der Waals surface area contributed by atoms with Crippen molar-refractivity contribution in [3.63, 3.8) is 0 Å². The minimum absolute atomic E-state index is 0.109. The summed E-state index contributed by atoms with van der Waals surface area (Å²) in [5, 5.41) is 9.04. The van der Waals surface area contributed by atoms with Crippen LogP contribution in [-0.2, 0) is 11.3 Å². The maximum atomic E-state index is 11.0. The van der Waals surface area contributed by atoms with Crippen molar-refractivity contribution in [3.8, 4) is 0 Å². The van der Waals surface area contributed by atoms with Gasteiger partial charge in [0.2, 0.25) is 0 Å². The number of para-hydroxylation sites is 2. The van der Waals surface area contributed by atoms with E-state index in [1.165, 1.54) is 0 Å². The largest absolute Gasteiger partial charge is 0.480 e. The van der Waals surface area contributed by atoms with Crippen LogP contribution in [0.3, 0.4) is 0 Å². The molecule has 0 fully saturated rings. The third-order valence-corrected chi connectivity index (χ3v) is 3.03. The van der Waals surface area contributed by atoms with E-state index < -0.39 is 5.97 Å². The van der Waals surface area contributed by atoms with E-state index >= 15 is 0 Å². The second-order valence-electron chi connectivity index (χ2n) is 5.17. The molecule has 2 aromatic rings. The van der Waals surface area contributed by atoms with Gasteiger partial charge in [0.25, 0.3) is 0 Å². The van der Waals surface area contributed by atoms with E-state index in [0.29, 0.717) is 11.7 Å². The molecule has 1 heterocycles. The number of carboxylic acid groups (broad SMARTS) is 1. The molecule has 1 atom stereocenters. The SMILES string of the molecule is CC(C)CC(N)c1nc2ccccc2n1CC(=O)O. The second-order valence-corrected chi connectivity index (χ2v) is 5.17. The van der Waals surface area contributed by atoms with Crippen LogP contribution < -0.4 is 5.73 Å². The number of hydrogen-bond acceptors (Lipinski definition) is 3. The standard InChI is InChI=1S/C14H19N3O2/c1-9(2)7-10(15)14-16-11-5-3-4-6-12(11)17(14)8-13(18)19/h3-6,9-10H,7-8,15H2,1-2H3,(H,18,19). The smallest absolute Gasteiger partial charge is 0.323 e. The number of carbonyl (C=O) groups is 1. The van der Waals surface area contributed by atoms with Crippen molar-refractivity contribution in [2.24, 2.45) is 11.7 Å². The van der Waals surface area contributed by atoms with Gasteiger partial charge in [0, 0.05) is 0 Å². The molecule has 0 aliphatic heterocycles. The number of rotatable bonds is 5. The summed E-state index contributed by atoms with van der Waals surface area (Å²) in [6.45, 7) is 4.07. The lowest BCUT2D eigenvalue weighted by Crippen LogP contribution is -2.21. The van der Waals surface area contributed by atoms with Gasteiger partial charge in [-0.3, -0.25) is 4.79 Å². The van der Waals surface area contributed by atoms with Crippen molar-refractivity contribution in [2.45, 2.75) is 32.9 Å². The molecular weight excluding hydrogens is 242 g/mol. The first-order chi connectivity index (χ1) is 8.99. The highest BCUT2D eigenvalue weighted by Gasteiger charge is 2.19. The Morgan fingerprint density at radius 3 is 2.74 bits per heavy atom. The number of nitrogens with zero attached hydrogens (tertiary/aromatic N) is 2. The van der Waals surface area contributed by atoms with E-state index in [1.807, 2.05) is 24.3 Å². The lowest BCUT2D eigenvalue weighted by Gasteiger charge is -2.15. The average Bonchev–Trinajstić information content (AvgIpc) is 2.67. The zero-order valence-electron chi connectivity index (χ0n) is 11.2. The minimum Gasteiger partial charge on any atom is -0.480 e. The summed E-state index contributed by atoms with van der Waals surface area (Å²) in [4.78, 5) is 15.5. The van der Waals surface area contributed by atoms with Gasteiger partial charge in [-0.05, 0) is 24.5 Å². The molecule has 0 radical (unpaired) electrons. The first kappa shape index (κ1) is 13.5. The Balaban J connectivity index is 2.49. The van der Waals surface area contributed by atoms with E-state index in [1.54, 1.807) is 4.57 Å². The molecule has 1 aromatic carbocycles. The van der Waals surface area contributed by atoms with Crippen LogP contribution in [0.5, 0.6) is 0 Å². The molecule has 0 aliphatic rings. The third-order valence-electron chi connectivity index (χ3n) is 3.03. The Morgan fingerprint density at radius 1 is 1.42 bits per heavy atom. The molecule has 0 bridgehead atoms. The molecule has 0 aliphatic carbocycles. The zero-order chi connectivity index (χ0) is 14.0. The van der Waals surface area contributed by atoms with Gasteiger partial charge in [-0.1, -0.05) is 26.0 Å². The van der Waals surface area contributed by atoms with Crippen molar-refractivity contribution < 1.29 is 9.90 Å². The molecule has 5 heteroatoms. The van der Waals surface area contributed by atoms with Gasteiger partial charge in [-0.15, -0.1) is 0 Å². The van der Waals surface area contributed by atoms with Gasteiger partial charge in [0.15, 0.2) is 0 Å². The van der Waals surface area contributed by atoms with Gasteiger partial charge >= 0.3 is 5.97 Å². The van der Waals surface area contributed by atoms with E-state index in [-0.39, 0.29) is 12.6 Å². The molecule has 1 aromatic heterocycles. The Bertz CT molecular complexity index is 589. The predicted molar refractivity (Wildman–Crippen MR) is 73.8 cm³/mol. The number of fused-ring (bicyclic) bond motifs is 1. The fourth-order valence-electron chi connectivity index (χ4n) is 2.29. The molecule has 2 rings (SSSR count). The van der Waals surface area contributed by atoms with E-state index in [4.69, 9.17) is 10.8 Å².